The fourth-order valence-corrected chi connectivity index (χ4v) is 1.05. The summed E-state index contributed by atoms with van der Waals surface area (Å²) in [5.41, 5.74) is 0.439. The molecule has 0 aliphatic carbocycles. The van der Waals surface area contributed by atoms with Crippen LogP contribution >= 0.6 is 0 Å². The first kappa shape index (κ1) is 8.70. The molecule has 0 aromatic carbocycles. The highest BCUT2D eigenvalue weighted by atomic mass is 16.4. The van der Waals surface area contributed by atoms with Crippen molar-refractivity contribution in [2.24, 2.45) is 5.10 Å². The van der Waals surface area contributed by atoms with E-state index in [1.54, 1.807) is 6.92 Å². The van der Waals surface area contributed by atoms with Gasteiger partial charge in [-0.1, -0.05) is 0 Å². The molecule has 0 unspecified atom stereocenters. The molecule has 0 radical (unpaired) electrons. The number of rotatable bonds is 3. The van der Waals surface area contributed by atoms with E-state index in [1.165, 1.54) is 5.01 Å². The zero-order valence-electron chi connectivity index (χ0n) is 6.78. The maximum absolute atomic E-state index is 11.0. The molecule has 1 aliphatic rings. The van der Waals surface area contributed by atoms with Crippen molar-refractivity contribution in [3.63, 3.8) is 0 Å². The van der Waals surface area contributed by atoms with Gasteiger partial charge in [0.2, 0.25) is 5.91 Å². The second-order valence-electron chi connectivity index (χ2n) is 2.52. The molecule has 0 spiro atoms. The van der Waals surface area contributed by atoms with Crippen LogP contribution in [0.3, 0.4) is 0 Å². The normalized spacial score (nSPS) is 16.6. The number of hydrazone groups is 1. The van der Waals surface area contributed by atoms with Gasteiger partial charge in [-0.25, -0.2) is 5.01 Å². The second-order valence-corrected chi connectivity index (χ2v) is 2.52. The molecule has 0 bridgehead atoms. The summed E-state index contributed by atoms with van der Waals surface area (Å²) < 4.78 is 0. The van der Waals surface area contributed by atoms with E-state index in [1.807, 2.05) is 0 Å². The SMILES string of the molecule is CCN1N=C(CC(=O)O)CC1=O. The highest BCUT2D eigenvalue weighted by Crippen LogP contribution is 2.09. The minimum atomic E-state index is -0.945. The largest absolute Gasteiger partial charge is 0.481 e. The van der Waals surface area contributed by atoms with E-state index in [0.29, 0.717) is 12.3 Å². The van der Waals surface area contributed by atoms with Gasteiger partial charge in [0.1, 0.15) is 0 Å². The lowest BCUT2D eigenvalue weighted by molar-refractivity contribution is -0.135. The van der Waals surface area contributed by atoms with Crippen LogP contribution in [0, 0.1) is 0 Å². The lowest BCUT2D eigenvalue weighted by atomic mass is 10.2. The summed E-state index contributed by atoms with van der Waals surface area (Å²) in [4.78, 5) is 21.3. The predicted octanol–water partition coefficient (Wildman–Crippen LogP) is 0.0693. The lowest BCUT2D eigenvalue weighted by Gasteiger charge is -2.05. The maximum atomic E-state index is 11.0. The van der Waals surface area contributed by atoms with Crippen LogP contribution in [-0.2, 0) is 9.59 Å². The van der Waals surface area contributed by atoms with Crippen molar-refractivity contribution < 1.29 is 14.7 Å². The van der Waals surface area contributed by atoms with Gasteiger partial charge in [-0.05, 0) is 6.92 Å². The van der Waals surface area contributed by atoms with E-state index in [4.69, 9.17) is 5.11 Å². The molecule has 1 N–H and O–H groups in total. The molecule has 1 heterocycles. The second kappa shape index (κ2) is 3.34. The number of carboxylic acids is 1. The fraction of sp³-hybridized carbons (Fsp3) is 0.571. The van der Waals surface area contributed by atoms with Crippen molar-refractivity contribution in [3.05, 3.63) is 0 Å². The van der Waals surface area contributed by atoms with Crippen molar-refractivity contribution in [2.45, 2.75) is 19.8 Å². The summed E-state index contributed by atoms with van der Waals surface area (Å²) in [5.74, 6) is -1.06. The predicted molar refractivity (Wildman–Crippen MR) is 41.7 cm³/mol. The molecule has 5 nitrogen and oxygen atoms in total. The summed E-state index contributed by atoms with van der Waals surface area (Å²) in [6, 6.07) is 0. The zero-order valence-corrected chi connectivity index (χ0v) is 6.78. The zero-order chi connectivity index (χ0) is 9.14. The lowest BCUT2D eigenvalue weighted by Crippen LogP contribution is -2.19. The van der Waals surface area contributed by atoms with Crippen molar-refractivity contribution >= 4 is 17.6 Å². The van der Waals surface area contributed by atoms with Crippen LogP contribution in [0.1, 0.15) is 19.8 Å². The molecule has 0 atom stereocenters. The molecule has 1 rings (SSSR count). The monoisotopic (exact) mass is 170 g/mol. The molecular formula is C7H10N2O3. The van der Waals surface area contributed by atoms with Crippen LogP contribution in [0.15, 0.2) is 5.10 Å². The first-order chi connectivity index (χ1) is 5.63. The first-order valence-electron chi connectivity index (χ1n) is 3.72. The standard InChI is InChI=1S/C7H10N2O3/c1-2-9-6(10)3-5(8-9)4-7(11)12/h2-4H2,1H3,(H,11,12). The number of hydrogen-bond donors (Lipinski definition) is 1. The molecule has 0 saturated carbocycles. The van der Waals surface area contributed by atoms with E-state index >= 15 is 0 Å². The Morgan fingerprint density at radius 1 is 1.75 bits per heavy atom. The van der Waals surface area contributed by atoms with E-state index in [2.05, 4.69) is 5.10 Å². The summed E-state index contributed by atoms with van der Waals surface area (Å²) in [7, 11) is 0. The quantitative estimate of drug-likeness (QED) is 0.651. The van der Waals surface area contributed by atoms with Crippen molar-refractivity contribution in [3.8, 4) is 0 Å². The van der Waals surface area contributed by atoms with Crippen molar-refractivity contribution in [1.29, 1.82) is 0 Å². The first-order valence-corrected chi connectivity index (χ1v) is 3.72. The summed E-state index contributed by atoms with van der Waals surface area (Å²) in [6.07, 6.45) is 0.0162. The van der Waals surface area contributed by atoms with Gasteiger partial charge in [-0.2, -0.15) is 5.10 Å². The van der Waals surface area contributed by atoms with Gasteiger partial charge in [0.15, 0.2) is 0 Å². The summed E-state index contributed by atoms with van der Waals surface area (Å²) in [5, 5.41) is 13.5. The highest BCUT2D eigenvalue weighted by molar-refractivity contribution is 6.10. The van der Waals surface area contributed by atoms with Gasteiger partial charge in [-0.3, -0.25) is 9.59 Å². The number of carboxylic acid groups (broad SMARTS) is 1. The van der Waals surface area contributed by atoms with Crippen LogP contribution in [0.5, 0.6) is 0 Å². The number of carbonyl (C=O) groups is 2. The third kappa shape index (κ3) is 1.81. The number of hydrogen-bond acceptors (Lipinski definition) is 3. The van der Waals surface area contributed by atoms with Gasteiger partial charge < -0.3 is 5.11 Å². The van der Waals surface area contributed by atoms with Gasteiger partial charge in [-0.15, -0.1) is 0 Å². The van der Waals surface area contributed by atoms with Crippen molar-refractivity contribution in [1.82, 2.24) is 5.01 Å². The van der Waals surface area contributed by atoms with E-state index < -0.39 is 5.97 Å². The summed E-state index contributed by atoms with van der Waals surface area (Å²) in [6.45, 7) is 2.30. The minimum absolute atomic E-state index is 0.117. The molecular weight excluding hydrogens is 160 g/mol. The Kier molecular flexibility index (Phi) is 2.42. The van der Waals surface area contributed by atoms with Crippen LogP contribution in [0.25, 0.3) is 0 Å². The smallest absolute Gasteiger partial charge is 0.309 e. The number of carbonyl (C=O) groups excluding carboxylic acids is 1. The maximum Gasteiger partial charge on any atom is 0.309 e. The minimum Gasteiger partial charge on any atom is -0.481 e. The van der Waals surface area contributed by atoms with Gasteiger partial charge in [0, 0.05) is 6.54 Å². The van der Waals surface area contributed by atoms with E-state index in [-0.39, 0.29) is 18.7 Å². The molecule has 66 valence electrons. The van der Waals surface area contributed by atoms with Gasteiger partial charge >= 0.3 is 5.97 Å². The highest BCUT2D eigenvalue weighted by Gasteiger charge is 2.23. The summed E-state index contributed by atoms with van der Waals surface area (Å²) >= 11 is 0. The Labute approximate surface area is 69.7 Å². The number of amides is 1. The van der Waals surface area contributed by atoms with Crippen molar-refractivity contribution in [2.75, 3.05) is 6.54 Å². The molecule has 0 saturated heterocycles. The average Bonchev–Trinajstić information content (AvgIpc) is 2.29. The average molecular weight is 170 g/mol. The molecule has 5 heteroatoms. The van der Waals surface area contributed by atoms with Gasteiger partial charge in [0.25, 0.3) is 0 Å². The Bertz CT molecular complexity index is 247. The topological polar surface area (TPSA) is 70.0 Å². The fourth-order valence-electron chi connectivity index (χ4n) is 1.05. The van der Waals surface area contributed by atoms with E-state index in [9.17, 15) is 9.59 Å². The number of nitrogens with zero attached hydrogens (tertiary/aromatic N) is 2. The Balaban J connectivity index is 2.59. The van der Waals surface area contributed by atoms with Crippen LogP contribution < -0.4 is 0 Å². The molecule has 12 heavy (non-hydrogen) atoms. The third-order valence-electron chi connectivity index (χ3n) is 1.56. The van der Waals surface area contributed by atoms with Crippen LogP contribution in [-0.4, -0.2) is 34.2 Å². The molecule has 1 amide bonds. The number of aliphatic carboxylic acids is 1. The third-order valence-corrected chi connectivity index (χ3v) is 1.56. The van der Waals surface area contributed by atoms with Crippen LogP contribution in [0.4, 0.5) is 0 Å². The molecule has 0 fully saturated rings. The van der Waals surface area contributed by atoms with E-state index in [0.717, 1.165) is 0 Å². The Morgan fingerprint density at radius 3 is 2.83 bits per heavy atom. The Morgan fingerprint density at radius 2 is 2.42 bits per heavy atom. The molecule has 1 aliphatic heterocycles. The molecule has 0 aromatic heterocycles. The Hall–Kier alpha value is -1.39. The van der Waals surface area contributed by atoms with Crippen LogP contribution in [0.2, 0.25) is 0 Å². The van der Waals surface area contributed by atoms with Gasteiger partial charge in [0.05, 0.1) is 18.6 Å². The molecule has 0 aromatic rings.